The Hall–Kier alpha value is -2.38. The number of ketones is 1. The molecule has 0 amide bonds. The summed E-state index contributed by atoms with van der Waals surface area (Å²) >= 11 is 0. The first kappa shape index (κ1) is 47.6. The minimum absolute atomic E-state index is 0.0503. The van der Waals surface area contributed by atoms with Crippen molar-refractivity contribution in [2.24, 2.45) is 23.7 Å². The number of fused-ring (bicyclic) bond motifs is 2. The van der Waals surface area contributed by atoms with Gasteiger partial charge in [0.1, 0.15) is 29.8 Å². The number of rotatable bonds is 7. The van der Waals surface area contributed by atoms with Crippen LogP contribution in [0, 0.1) is 23.7 Å². The second kappa shape index (κ2) is 19.2. The van der Waals surface area contributed by atoms with Crippen LogP contribution in [-0.4, -0.2) is 145 Å². The summed E-state index contributed by atoms with van der Waals surface area (Å²) in [6, 6.07) is 0. The zero-order chi connectivity index (χ0) is 44.8. The van der Waals surface area contributed by atoms with Crippen molar-refractivity contribution in [3.8, 4) is 0 Å². The normalized spacial score (nSPS) is 49.0. The van der Waals surface area contributed by atoms with Crippen molar-refractivity contribution >= 4 is 11.8 Å². The third kappa shape index (κ3) is 9.48. The van der Waals surface area contributed by atoms with E-state index in [-0.39, 0.29) is 49.1 Å². The minimum Gasteiger partial charge on any atom is -0.462 e. The number of hydrogen-bond acceptors (Lipinski definition) is 15. The van der Waals surface area contributed by atoms with Crippen LogP contribution < -0.4 is 0 Å². The molecule has 7 aliphatic rings. The molecule has 1 spiro atoms. The zero-order valence-corrected chi connectivity index (χ0v) is 38.0. The molecule has 15 nitrogen and oxygen atoms in total. The summed E-state index contributed by atoms with van der Waals surface area (Å²) in [5, 5.41) is 34.3. The van der Waals surface area contributed by atoms with Gasteiger partial charge >= 0.3 is 5.97 Å². The largest absolute Gasteiger partial charge is 0.462 e. The van der Waals surface area contributed by atoms with Crippen molar-refractivity contribution in [3.05, 3.63) is 47.1 Å². The number of hydrogen-bond donors (Lipinski definition) is 3. The van der Waals surface area contributed by atoms with Crippen LogP contribution in [0.25, 0.3) is 0 Å². The first-order valence-corrected chi connectivity index (χ1v) is 22.6. The second-order valence-corrected chi connectivity index (χ2v) is 19.1. The summed E-state index contributed by atoms with van der Waals surface area (Å²) in [5.74, 6) is -3.77. The van der Waals surface area contributed by atoms with E-state index in [0.717, 1.165) is 5.57 Å². The first-order chi connectivity index (χ1) is 29.4. The van der Waals surface area contributed by atoms with Gasteiger partial charge in [-0.25, -0.2) is 0 Å². The molecule has 6 aliphatic heterocycles. The lowest BCUT2D eigenvalue weighted by Crippen LogP contribution is -2.59. The van der Waals surface area contributed by atoms with Crippen molar-refractivity contribution in [1.29, 1.82) is 0 Å². The Labute approximate surface area is 366 Å². The summed E-state index contributed by atoms with van der Waals surface area (Å²) in [5.41, 5.74) is -0.347. The monoisotopic (exact) mass is 874 g/mol. The molecule has 5 saturated heterocycles. The molecule has 0 radical (unpaired) electrons. The fourth-order valence-corrected chi connectivity index (χ4v) is 10.7. The Balaban J connectivity index is 1.19. The molecule has 7 rings (SSSR count). The first-order valence-electron chi connectivity index (χ1n) is 22.6. The van der Waals surface area contributed by atoms with Gasteiger partial charge in [-0.3, -0.25) is 9.59 Å². The number of carbonyl (C=O) groups excluding carboxylic acids is 2. The van der Waals surface area contributed by atoms with E-state index in [9.17, 15) is 24.9 Å². The highest BCUT2D eigenvalue weighted by Crippen LogP contribution is 2.47. The maximum Gasteiger partial charge on any atom is 0.316 e. The molecule has 0 aromatic rings. The quantitative estimate of drug-likeness (QED) is 0.241. The van der Waals surface area contributed by atoms with Gasteiger partial charge in [0.05, 0.1) is 55.4 Å². The number of esters is 1. The van der Waals surface area contributed by atoms with E-state index in [1.165, 1.54) is 6.08 Å². The summed E-state index contributed by atoms with van der Waals surface area (Å²) in [7, 11) is 3.19. The van der Waals surface area contributed by atoms with E-state index in [1.807, 2.05) is 33.8 Å². The van der Waals surface area contributed by atoms with Crippen molar-refractivity contribution < 1.29 is 72.3 Å². The smallest absolute Gasteiger partial charge is 0.316 e. The number of allylic oxidation sites excluding steroid dienone is 2. The molecule has 348 valence electrons. The average molecular weight is 875 g/mol. The van der Waals surface area contributed by atoms with Crippen LogP contribution in [0.2, 0.25) is 0 Å². The van der Waals surface area contributed by atoms with Crippen molar-refractivity contribution in [2.75, 3.05) is 20.8 Å². The van der Waals surface area contributed by atoms with Gasteiger partial charge in [-0.2, -0.15) is 0 Å². The Kier molecular flexibility index (Phi) is 14.8. The molecule has 1 aliphatic carbocycles. The lowest BCUT2D eigenvalue weighted by atomic mass is 9.71. The number of aliphatic hydroxyl groups excluding tert-OH is 2. The predicted octanol–water partition coefficient (Wildman–Crippen LogP) is 4.39. The molecule has 62 heavy (non-hydrogen) atoms. The Morgan fingerprint density at radius 1 is 0.871 bits per heavy atom. The van der Waals surface area contributed by atoms with Gasteiger partial charge in [-0.05, 0) is 56.8 Å². The molecule has 3 N–H and O–H groups in total. The van der Waals surface area contributed by atoms with E-state index < -0.39 is 103 Å². The number of Topliss-reactive ketones (excluding diaryl/α,β-unsaturated/α-hetero) is 1. The molecule has 0 saturated carbocycles. The molecule has 19 atom stereocenters. The molecule has 2 bridgehead atoms. The van der Waals surface area contributed by atoms with Crippen LogP contribution in [0.3, 0.4) is 0 Å². The predicted molar refractivity (Wildman–Crippen MR) is 223 cm³/mol. The van der Waals surface area contributed by atoms with Gasteiger partial charge in [0, 0.05) is 58.2 Å². The molecule has 0 aromatic heterocycles. The lowest BCUT2D eigenvalue weighted by molar-refractivity contribution is -0.353. The van der Waals surface area contributed by atoms with Gasteiger partial charge in [-0.1, -0.05) is 58.1 Å². The van der Waals surface area contributed by atoms with Crippen LogP contribution in [0.15, 0.2) is 47.1 Å². The van der Waals surface area contributed by atoms with Crippen LogP contribution in [-0.2, 0) is 57.0 Å². The highest BCUT2D eigenvalue weighted by atomic mass is 16.7. The third-order valence-corrected chi connectivity index (χ3v) is 14.3. The summed E-state index contributed by atoms with van der Waals surface area (Å²) < 4.78 is 63.2. The fourth-order valence-electron chi connectivity index (χ4n) is 10.7. The van der Waals surface area contributed by atoms with Crippen LogP contribution in [0.4, 0.5) is 0 Å². The van der Waals surface area contributed by atoms with Gasteiger partial charge in [0.15, 0.2) is 30.3 Å². The number of aliphatic hydroxyl groups is 3. The summed E-state index contributed by atoms with van der Waals surface area (Å²) in [4.78, 5) is 27.7. The van der Waals surface area contributed by atoms with Gasteiger partial charge < -0.3 is 62.7 Å². The molecule has 0 unspecified atom stereocenters. The maximum absolute atomic E-state index is 14.3. The zero-order valence-electron chi connectivity index (χ0n) is 38.0. The Morgan fingerprint density at radius 3 is 2.27 bits per heavy atom. The summed E-state index contributed by atoms with van der Waals surface area (Å²) in [6.45, 7) is 15.4. The van der Waals surface area contributed by atoms with Crippen molar-refractivity contribution in [3.63, 3.8) is 0 Å². The molecule has 0 aromatic carbocycles. The lowest BCUT2D eigenvalue weighted by Gasteiger charge is -2.52. The van der Waals surface area contributed by atoms with E-state index >= 15 is 0 Å². The highest BCUT2D eigenvalue weighted by molar-refractivity contribution is 6.03. The van der Waals surface area contributed by atoms with Crippen molar-refractivity contribution in [1.82, 2.24) is 0 Å². The molecule has 5 fully saturated rings. The van der Waals surface area contributed by atoms with Crippen LogP contribution in [0.1, 0.15) is 93.9 Å². The topological polar surface area (TPSA) is 187 Å². The SMILES string of the molecule is CO[C@H]1C[C@H](O[C@H]2[C@H](C)O[C@@H](O[C@@H]3/C(C)=C/C[C@@H]4C[C@@H](C[C@]5(C[C@H](O)[C@H](C)[C@@H](C(C)C)O5)O4)OC(=O)[C@@H]4C=C(C)C(=O)[C@H]5OC/C(=C\C=C\[C@@H]3C)[C@]54O)C[C@@H]2OC)O[C@@H](C)[C@@H]1O. The second-order valence-electron chi connectivity index (χ2n) is 19.1. The Bertz CT molecular complexity index is 1740. The van der Waals surface area contributed by atoms with E-state index in [0.29, 0.717) is 36.8 Å². The molecule has 6 heterocycles. The van der Waals surface area contributed by atoms with Gasteiger partial charge in [0.25, 0.3) is 0 Å². The van der Waals surface area contributed by atoms with Crippen LogP contribution >= 0.6 is 0 Å². The third-order valence-electron chi connectivity index (χ3n) is 14.3. The molecular weight excluding hydrogens is 805 g/mol. The fraction of sp³-hybridized carbons (Fsp3) is 0.787. The standard InChI is InChI=1S/C47H70O15/c1-23(2)41-27(6)34(48)21-46(62-41)20-32-17-31(61-46)15-14-25(4)42(24(3)12-11-13-30-22-55-44-39(49)26(5)16-33(45(51)58-32)47(30,44)52)59-38-19-36(54-10)43(29(8)57-38)60-37-18-35(53-9)40(50)28(7)56-37/h11-14,16,23-24,27-29,31-38,40-44,48,50,52H,15,17-22H2,1-10H3/b12-11+,25-14+,30-13+/t24-,27-,28-,29-,31+,32-,33-,34-,35-,36-,37-,38-,40-,41+,42-,43-,44+,46-,47+/m0/s1. The van der Waals surface area contributed by atoms with E-state index in [4.69, 9.17) is 47.4 Å². The van der Waals surface area contributed by atoms with E-state index in [1.54, 1.807) is 40.2 Å². The van der Waals surface area contributed by atoms with Crippen molar-refractivity contribution in [2.45, 2.75) is 191 Å². The summed E-state index contributed by atoms with van der Waals surface area (Å²) in [6.07, 6.45) is 2.65. The number of carbonyl (C=O) groups is 2. The number of ether oxygens (including phenoxy) is 10. The Morgan fingerprint density at radius 2 is 1.56 bits per heavy atom. The molecule has 15 heteroatoms. The minimum atomic E-state index is -1.97. The number of methoxy groups -OCH3 is 2. The van der Waals surface area contributed by atoms with Gasteiger partial charge in [0.2, 0.25) is 0 Å². The van der Waals surface area contributed by atoms with E-state index in [2.05, 4.69) is 19.9 Å². The van der Waals surface area contributed by atoms with Crippen LogP contribution in [0.5, 0.6) is 0 Å². The molecular formula is C47H70O15. The highest BCUT2D eigenvalue weighted by Gasteiger charge is 2.60. The maximum atomic E-state index is 14.3. The average Bonchev–Trinajstić information content (AvgIpc) is 3.56. The van der Waals surface area contributed by atoms with Gasteiger partial charge in [-0.15, -0.1) is 0 Å².